The van der Waals surface area contributed by atoms with Gasteiger partial charge in [-0.25, -0.2) is 9.18 Å². The minimum atomic E-state index is -0.335. The fourth-order valence-electron chi connectivity index (χ4n) is 2.31. The number of nitrogens with one attached hydrogen (secondary N) is 1. The summed E-state index contributed by atoms with van der Waals surface area (Å²) in [5, 5.41) is 2.77. The molecule has 0 aliphatic carbocycles. The maximum absolute atomic E-state index is 12.9. The number of fused-ring (bicyclic) bond motifs is 1. The molecular weight excluding hydrogens is 271 g/mol. The first-order valence-corrected chi connectivity index (χ1v) is 6.73. The minimum absolute atomic E-state index is 0.0844. The first kappa shape index (κ1) is 13.4. The van der Waals surface area contributed by atoms with Gasteiger partial charge in [0, 0.05) is 5.69 Å². The summed E-state index contributed by atoms with van der Waals surface area (Å²) in [5.41, 5.74) is 1.29. The van der Waals surface area contributed by atoms with Crippen molar-refractivity contribution < 1.29 is 13.9 Å². The van der Waals surface area contributed by atoms with Gasteiger partial charge in [-0.2, -0.15) is 0 Å². The number of benzene rings is 2. The van der Waals surface area contributed by atoms with Crippen molar-refractivity contribution in [3.05, 3.63) is 54.3 Å². The van der Waals surface area contributed by atoms with Crippen LogP contribution in [0.3, 0.4) is 0 Å². The Morgan fingerprint density at radius 3 is 2.71 bits per heavy atom. The van der Waals surface area contributed by atoms with Gasteiger partial charge in [-0.15, -0.1) is 0 Å². The van der Waals surface area contributed by atoms with Gasteiger partial charge in [-0.1, -0.05) is 12.1 Å². The number of para-hydroxylation sites is 2. The van der Waals surface area contributed by atoms with Crippen LogP contribution >= 0.6 is 0 Å². The van der Waals surface area contributed by atoms with E-state index in [9.17, 15) is 9.18 Å². The van der Waals surface area contributed by atoms with E-state index < -0.39 is 0 Å². The molecule has 3 rings (SSSR count). The van der Waals surface area contributed by atoms with Crippen molar-refractivity contribution in [2.24, 2.45) is 0 Å². The zero-order valence-corrected chi connectivity index (χ0v) is 11.5. The lowest BCUT2D eigenvalue weighted by Crippen LogP contribution is -2.44. The summed E-state index contributed by atoms with van der Waals surface area (Å²) in [6, 6.07) is 12.8. The number of amides is 2. The highest BCUT2D eigenvalue weighted by Crippen LogP contribution is 2.33. The molecule has 0 saturated heterocycles. The highest BCUT2D eigenvalue weighted by Gasteiger charge is 2.27. The van der Waals surface area contributed by atoms with Crippen molar-refractivity contribution in [2.45, 2.75) is 13.0 Å². The topological polar surface area (TPSA) is 41.6 Å². The maximum Gasteiger partial charge on any atom is 0.326 e. The molecule has 1 atom stereocenters. The van der Waals surface area contributed by atoms with Crippen LogP contribution in [0, 0.1) is 5.82 Å². The summed E-state index contributed by atoms with van der Waals surface area (Å²) >= 11 is 0. The summed E-state index contributed by atoms with van der Waals surface area (Å²) < 4.78 is 18.6. The van der Waals surface area contributed by atoms with E-state index in [4.69, 9.17) is 4.74 Å². The second-order valence-electron chi connectivity index (χ2n) is 4.94. The standard InChI is InChI=1S/C16H15FN2O2/c1-11-10-19(14-4-2-3-5-15(14)21-11)16(20)18-13-8-6-12(17)7-9-13/h2-9,11H,10H2,1H3,(H,18,20)/t11-/m1/s1. The molecule has 0 fully saturated rings. The molecule has 5 heteroatoms. The number of nitrogens with zero attached hydrogens (tertiary/aromatic N) is 1. The molecule has 0 saturated carbocycles. The van der Waals surface area contributed by atoms with Gasteiger partial charge in [0.2, 0.25) is 0 Å². The normalized spacial score (nSPS) is 16.9. The van der Waals surface area contributed by atoms with Gasteiger partial charge in [0.1, 0.15) is 17.7 Å². The first-order chi connectivity index (χ1) is 10.1. The van der Waals surface area contributed by atoms with Crippen LogP contribution in [-0.4, -0.2) is 18.7 Å². The second-order valence-corrected chi connectivity index (χ2v) is 4.94. The van der Waals surface area contributed by atoms with Gasteiger partial charge in [-0.3, -0.25) is 4.90 Å². The van der Waals surface area contributed by atoms with Crippen molar-refractivity contribution in [1.82, 2.24) is 0 Å². The van der Waals surface area contributed by atoms with Crippen LogP contribution in [0.5, 0.6) is 5.75 Å². The summed E-state index contributed by atoms with van der Waals surface area (Å²) in [4.78, 5) is 14.1. The predicted molar refractivity (Wildman–Crippen MR) is 79.3 cm³/mol. The number of halogens is 1. The van der Waals surface area contributed by atoms with Gasteiger partial charge >= 0.3 is 6.03 Å². The number of carbonyl (C=O) groups is 1. The van der Waals surface area contributed by atoms with E-state index >= 15 is 0 Å². The van der Waals surface area contributed by atoms with Crippen molar-refractivity contribution in [3.8, 4) is 5.75 Å². The smallest absolute Gasteiger partial charge is 0.326 e. The third kappa shape index (κ3) is 2.81. The van der Waals surface area contributed by atoms with Gasteiger partial charge in [-0.05, 0) is 43.3 Å². The summed E-state index contributed by atoms with van der Waals surface area (Å²) in [6.45, 7) is 2.37. The molecule has 2 aromatic rings. The number of anilines is 2. The quantitative estimate of drug-likeness (QED) is 0.869. The molecule has 4 nitrogen and oxygen atoms in total. The van der Waals surface area contributed by atoms with Crippen LogP contribution in [0.1, 0.15) is 6.92 Å². The molecule has 21 heavy (non-hydrogen) atoms. The van der Waals surface area contributed by atoms with Crippen molar-refractivity contribution in [1.29, 1.82) is 0 Å². The monoisotopic (exact) mass is 286 g/mol. The predicted octanol–water partition coefficient (Wildman–Crippen LogP) is 3.65. The van der Waals surface area contributed by atoms with Crippen LogP contribution in [0.15, 0.2) is 48.5 Å². The SMILES string of the molecule is C[C@@H]1CN(C(=O)Nc2ccc(F)cc2)c2ccccc2O1. The van der Waals surface area contributed by atoms with Crippen LogP contribution in [-0.2, 0) is 0 Å². The van der Waals surface area contributed by atoms with Crippen LogP contribution in [0.2, 0.25) is 0 Å². The second kappa shape index (κ2) is 5.44. The molecule has 0 spiro atoms. The van der Waals surface area contributed by atoms with Crippen molar-refractivity contribution >= 4 is 17.4 Å². The number of carbonyl (C=O) groups excluding carboxylic acids is 1. The lowest BCUT2D eigenvalue weighted by molar-refractivity contribution is 0.208. The molecule has 0 unspecified atom stereocenters. The summed E-state index contributed by atoms with van der Waals surface area (Å²) in [5.74, 6) is 0.351. The molecule has 108 valence electrons. The average Bonchev–Trinajstić information content (AvgIpc) is 2.48. The number of ether oxygens (including phenoxy) is 1. The Morgan fingerprint density at radius 2 is 1.95 bits per heavy atom. The molecular formula is C16H15FN2O2. The van der Waals surface area contributed by atoms with Crippen molar-refractivity contribution in [2.75, 3.05) is 16.8 Å². The third-order valence-corrected chi connectivity index (χ3v) is 3.26. The summed E-state index contributed by atoms with van der Waals surface area (Å²) in [6.07, 6.45) is -0.0844. The lowest BCUT2D eigenvalue weighted by Gasteiger charge is -2.33. The van der Waals surface area contributed by atoms with E-state index in [2.05, 4.69) is 5.32 Å². The molecule has 1 aliphatic rings. The fraction of sp³-hybridized carbons (Fsp3) is 0.188. The highest BCUT2D eigenvalue weighted by atomic mass is 19.1. The number of rotatable bonds is 1. The average molecular weight is 286 g/mol. The van der Waals surface area contributed by atoms with E-state index in [1.807, 2.05) is 31.2 Å². The third-order valence-electron chi connectivity index (χ3n) is 3.26. The Labute approximate surface area is 122 Å². The van der Waals surface area contributed by atoms with Gasteiger partial charge < -0.3 is 10.1 Å². The zero-order chi connectivity index (χ0) is 14.8. The Bertz CT molecular complexity index is 658. The number of hydrogen-bond donors (Lipinski definition) is 1. The van der Waals surface area contributed by atoms with E-state index in [1.165, 1.54) is 24.3 Å². The summed E-state index contributed by atoms with van der Waals surface area (Å²) in [7, 11) is 0. The van der Waals surface area contributed by atoms with E-state index in [-0.39, 0.29) is 18.0 Å². The lowest BCUT2D eigenvalue weighted by atomic mass is 10.2. The van der Waals surface area contributed by atoms with E-state index in [0.717, 1.165) is 5.69 Å². The molecule has 1 aliphatic heterocycles. The van der Waals surface area contributed by atoms with E-state index in [1.54, 1.807) is 4.90 Å². The fourth-order valence-corrected chi connectivity index (χ4v) is 2.31. The van der Waals surface area contributed by atoms with Crippen LogP contribution < -0.4 is 15.0 Å². The van der Waals surface area contributed by atoms with E-state index in [0.29, 0.717) is 18.0 Å². The number of urea groups is 1. The molecule has 2 aromatic carbocycles. The van der Waals surface area contributed by atoms with Gasteiger partial charge in [0.25, 0.3) is 0 Å². The molecule has 2 amide bonds. The Kier molecular flexibility index (Phi) is 3.48. The molecule has 0 radical (unpaired) electrons. The molecule has 0 aromatic heterocycles. The highest BCUT2D eigenvalue weighted by molar-refractivity contribution is 6.03. The largest absolute Gasteiger partial charge is 0.487 e. The zero-order valence-electron chi connectivity index (χ0n) is 11.5. The molecule has 1 N–H and O–H groups in total. The maximum atomic E-state index is 12.9. The van der Waals surface area contributed by atoms with Crippen LogP contribution in [0.4, 0.5) is 20.6 Å². The number of hydrogen-bond acceptors (Lipinski definition) is 2. The minimum Gasteiger partial charge on any atom is -0.487 e. The Hall–Kier alpha value is -2.56. The first-order valence-electron chi connectivity index (χ1n) is 6.73. The van der Waals surface area contributed by atoms with Crippen molar-refractivity contribution in [3.63, 3.8) is 0 Å². The Balaban J connectivity index is 1.83. The van der Waals surface area contributed by atoms with Crippen LogP contribution in [0.25, 0.3) is 0 Å². The molecule has 1 heterocycles. The van der Waals surface area contributed by atoms with Gasteiger partial charge in [0.15, 0.2) is 0 Å². The molecule has 0 bridgehead atoms. The van der Waals surface area contributed by atoms with Gasteiger partial charge in [0.05, 0.1) is 12.2 Å². The Morgan fingerprint density at radius 1 is 1.24 bits per heavy atom.